The molecule has 0 saturated heterocycles. The molecule has 0 aromatic carbocycles. The Kier molecular flexibility index (Phi) is 54.6. The van der Waals surface area contributed by atoms with E-state index in [1.165, 1.54) is 186 Å². The highest BCUT2D eigenvalue weighted by molar-refractivity contribution is 7.45. The molecule has 0 aliphatic heterocycles. The van der Waals surface area contributed by atoms with Gasteiger partial charge >= 0.3 is 5.97 Å². The number of esters is 1. The molecule has 0 rings (SSSR count). The fourth-order valence-electron chi connectivity index (χ4n) is 8.57. The molecule has 0 radical (unpaired) electrons. The maximum absolute atomic E-state index is 12.8. The van der Waals surface area contributed by atoms with Crippen LogP contribution >= 0.6 is 7.82 Å². The molecule has 0 spiro atoms. The van der Waals surface area contributed by atoms with Gasteiger partial charge in [0.15, 0.2) is 0 Å². The molecule has 2 unspecified atom stereocenters. The number of ether oxygens (including phenoxy) is 2. The molecule has 0 aliphatic rings. The van der Waals surface area contributed by atoms with E-state index in [9.17, 15) is 14.3 Å². The minimum Gasteiger partial charge on any atom is -0.756 e. The van der Waals surface area contributed by atoms with Crippen molar-refractivity contribution in [1.29, 1.82) is 0 Å². The van der Waals surface area contributed by atoms with Crippen LogP contribution in [0.25, 0.3) is 0 Å². The zero-order valence-electron chi connectivity index (χ0n) is 48.6. The van der Waals surface area contributed by atoms with E-state index in [0.717, 1.165) is 64.2 Å². The molecule has 0 heterocycles. The van der Waals surface area contributed by atoms with Crippen molar-refractivity contribution in [3.8, 4) is 0 Å². The highest BCUT2D eigenvalue weighted by Crippen LogP contribution is 2.38. The van der Waals surface area contributed by atoms with Gasteiger partial charge in [0.1, 0.15) is 19.3 Å². The molecule has 2 atom stereocenters. The molecular formula is C64H118NO7P. The lowest BCUT2D eigenvalue weighted by Crippen LogP contribution is -2.37. The third-order valence-corrected chi connectivity index (χ3v) is 14.2. The summed E-state index contributed by atoms with van der Waals surface area (Å²) in [6.07, 6.45) is 75.2. The SMILES string of the molecule is CC/C=C\C/C=C\C/C=C\C/C=C\CCCCCCCCCCCCCCCOCC(COP(=O)([O-])OCC[N+](C)(C)C)OC(=O)CCCCCCCCCCCCCCC/C=C\C/C=C\CCCCCCC. The smallest absolute Gasteiger partial charge is 0.306 e. The first kappa shape index (κ1) is 70.9. The van der Waals surface area contributed by atoms with Crippen LogP contribution in [0, 0.1) is 0 Å². The average molecular weight is 1040 g/mol. The number of likely N-dealkylation sites (N-methyl/N-ethyl adjacent to an activating group) is 1. The summed E-state index contributed by atoms with van der Waals surface area (Å²) in [6, 6.07) is 0. The van der Waals surface area contributed by atoms with Crippen LogP contribution in [0.2, 0.25) is 0 Å². The van der Waals surface area contributed by atoms with Crippen molar-refractivity contribution in [3.63, 3.8) is 0 Å². The number of phosphoric acid groups is 1. The van der Waals surface area contributed by atoms with Crippen LogP contribution in [0.4, 0.5) is 0 Å². The summed E-state index contributed by atoms with van der Waals surface area (Å²) in [5.74, 6) is -0.333. The normalized spacial score (nSPS) is 13.9. The van der Waals surface area contributed by atoms with Crippen LogP contribution in [0.5, 0.6) is 0 Å². The van der Waals surface area contributed by atoms with E-state index in [2.05, 4.69) is 86.8 Å². The molecule has 0 N–H and O–H groups in total. The van der Waals surface area contributed by atoms with Gasteiger partial charge in [0.05, 0.1) is 34.4 Å². The fraction of sp³-hybridized carbons (Fsp3) is 0.797. The van der Waals surface area contributed by atoms with Crippen molar-refractivity contribution in [1.82, 2.24) is 0 Å². The fourth-order valence-corrected chi connectivity index (χ4v) is 9.30. The van der Waals surface area contributed by atoms with Crippen LogP contribution in [-0.2, 0) is 27.9 Å². The summed E-state index contributed by atoms with van der Waals surface area (Å²) in [4.78, 5) is 25.3. The number of unbranched alkanes of at least 4 members (excludes halogenated alkanes) is 31. The zero-order valence-corrected chi connectivity index (χ0v) is 49.5. The quantitative estimate of drug-likeness (QED) is 0.0197. The van der Waals surface area contributed by atoms with Crippen LogP contribution in [-0.4, -0.2) is 70.7 Å². The van der Waals surface area contributed by atoms with E-state index in [-0.39, 0.29) is 25.8 Å². The van der Waals surface area contributed by atoms with Crippen molar-refractivity contribution < 1.29 is 37.3 Å². The monoisotopic (exact) mass is 1040 g/mol. The van der Waals surface area contributed by atoms with Gasteiger partial charge in [-0.15, -0.1) is 0 Å². The Balaban J connectivity index is 4.04. The van der Waals surface area contributed by atoms with E-state index < -0.39 is 13.9 Å². The van der Waals surface area contributed by atoms with E-state index in [1.807, 2.05) is 21.1 Å². The van der Waals surface area contributed by atoms with Gasteiger partial charge in [-0.1, -0.05) is 254 Å². The lowest BCUT2D eigenvalue weighted by molar-refractivity contribution is -0.870. The summed E-state index contributed by atoms with van der Waals surface area (Å²) >= 11 is 0. The van der Waals surface area contributed by atoms with Gasteiger partial charge in [-0.3, -0.25) is 9.36 Å². The average Bonchev–Trinajstić information content (AvgIpc) is 3.35. The number of carbonyl (C=O) groups is 1. The van der Waals surface area contributed by atoms with E-state index in [1.54, 1.807) is 0 Å². The number of rotatable bonds is 57. The van der Waals surface area contributed by atoms with Crippen LogP contribution < -0.4 is 4.89 Å². The highest BCUT2D eigenvalue weighted by atomic mass is 31.2. The van der Waals surface area contributed by atoms with Crippen LogP contribution in [0.15, 0.2) is 72.9 Å². The van der Waals surface area contributed by atoms with Gasteiger partial charge in [0.25, 0.3) is 7.82 Å². The van der Waals surface area contributed by atoms with Crippen LogP contribution in [0.1, 0.15) is 271 Å². The Hall–Kier alpha value is -2.06. The lowest BCUT2D eigenvalue weighted by atomic mass is 10.0. The molecule has 0 saturated carbocycles. The van der Waals surface area contributed by atoms with Crippen LogP contribution in [0.3, 0.4) is 0 Å². The predicted octanol–water partition coefficient (Wildman–Crippen LogP) is 19.1. The van der Waals surface area contributed by atoms with Gasteiger partial charge in [0, 0.05) is 13.0 Å². The molecule has 0 aromatic heterocycles. The molecule has 0 fully saturated rings. The standard InChI is InChI=1S/C64H118NO7P/c1-6-8-10-12-14-16-18-20-22-24-26-28-30-32-34-36-38-40-42-44-46-48-50-52-54-56-59-69-61-63(62-71-73(67,68)70-60-58-65(3,4)5)72-64(66)57-55-53-51-49-47-45-43-41-39-37-35-33-31-29-27-25-23-21-19-17-15-13-11-9-7-2/h8,10,14,16,19-22,25-28,63H,6-7,9,11-13,15,17-18,23-24,29-62H2,1-5H3/b10-8-,16-14-,21-19-,22-20-,27-25-,28-26-. The maximum Gasteiger partial charge on any atom is 0.306 e. The van der Waals surface area contributed by atoms with Crippen molar-refractivity contribution in [2.24, 2.45) is 0 Å². The third-order valence-electron chi connectivity index (χ3n) is 13.2. The Morgan fingerprint density at radius 2 is 0.795 bits per heavy atom. The Morgan fingerprint density at radius 1 is 0.438 bits per heavy atom. The Morgan fingerprint density at radius 3 is 1.19 bits per heavy atom. The third kappa shape index (κ3) is 60.7. The number of carbonyl (C=O) groups excluding carboxylic acids is 1. The summed E-state index contributed by atoms with van der Waals surface area (Å²) in [5, 5.41) is 0. The summed E-state index contributed by atoms with van der Waals surface area (Å²) < 4.78 is 34.9. The van der Waals surface area contributed by atoms with E-state index in [0.29, 0.717) is 24.1 Å². The first-order valence-corrected chi connectivity index (χ1v) is 32.1. The second-order valence-electron chi connectivity index (χ2n) is 21.7. The van der Waals surface area contributed by atoms with Gasteiger partial charge in [-0.05, 0) is 83.5 Å². The second kappa shape index (κ2) is 56.2. The van der Waals surface area contributed by atoms with Crippen molar-refractivity contribution >= 4 is 13.8 Å². The lowest BCUT2D eigenvalue weighted by Gasteiger charge is -2.28. The van der Waals surface area contributed by atoms with Gasteiger partial charge < -0.3 is 27.9 Å². The van der Waals surface area contributed by atoms with Crippen molar-refractivity contribution in [3.05, 3.63) is 72.9 Å². The molecule has 0 amide bonds. The first-order chi connectivity index (χ1) is 35.6. The van der Waals surface area contributed by atoms with Gasteiger partial charge in [-0.2, -0.15) is 0 Å². The number of hydrogen-bond acceptors (Lipinski definition) is 7. The van der Waals surface area contributed by atoms with E-state index >= 15 is 0 Å². The largest absolute Gasteiger partial charge is 0.756 e. The molecule has 9 heteroatoms. The predicted molar refractivity (Wildman–Crippen MR) is 314 cm³/mol. The maximum atomic E-state index is 12.8. The molecule has 73 heavy (non-hydrogen) atoms. The number of phosphoric ester groups is 1. The Bertz CT molecular complexity index is 1400. The van der Waals surface area contributed by atoms with E-state index in [4.69, 9.17) is 18.5 Å². The Labute approximate surface area is 453 Å². The molecule has 426 valence electrons. The number of hydrogen-bond donors (Lipinski definition) is 0. The number of allylic oxidation sites excluding steroid dienone is 12. The molecular weight excluding hydrogens is 926 g/mol. The zero-order chi connectivity index (χ0) is 53.3. The highest BCUT2D eigenvalue weighted by Gasteiger charge is 2.20. The summed E-state index contributed by atoms with van der Waals surface area (Å²) in [6.45, 7) is 5.32. The van der Waals surface area contributed by atoms with Gasteiger partial charge in [0.2, 0.25) is 0 Å². The van der Waals surface area contributed by atoms with Crippen molar-refractivity contribution in [2.75, 3.05) is 54.1 Å². The first-order valence-electron chi connectivity index (χ1n) is 30.7. The van der Waals surface area contributed by atoms with Crippen molar-refractivity contribution in [2.45, 2.75) is 277 Å². The van der Waals surface area contributed by atoms with Gasteiger partial charge in [-0.25, -0.2) is 0 Å². The molecule has 0 bridgehead atoms. The number of quaternary nitrogens is 1. The second-order valence-corrected chi connectivity index (χ2v) is 23.1. The minimum absolute atomic E-state index is 0.0242. The summed E-state index contributed by atoms with van der Waals surface area (Å²) in [5.41, 5.74) is 0. The topological polar surface area (TPSA) is 94.1 Å². The summed E-state index contributed by atoms with van der Waals surface area (Å²) in [7, 11) is 1.36. The minimum atomic E-state index is -4.54. The molecule has 8 nitrogen and oxygen atoms in total. The molecule has 0 aromatic rings. The number of nitrogens with zero attached hydrogens (tertiary/aromatic N) is 1. The molecule has 0 aliphatic carbocycles.